The highest BCUT2D eigenvalue weighted by atomic mass is 16.7. The molecule has 1 amide bonds. The number of para-hydroxylation sites is 1. The van der Waals surface area contributed by atoms with Gasteiger partial charge in [0.25, 0.3) is 5.91 Å². The van der Waals surface area contributed by atoms with Crippen molar-refractivity contribution in [3.05, 3.63) is 131 Å². The van der Waals surface area contributed by atoms with Crippen LogP contribution >= 0.6 is 0 Å². The Morgan fingerprint density at radius 2 is 1.20 bits per heavy atom. The van der Waals surface area contributed by atoms with Gasteiger partial charge in [0, 0.05) is 22.1 Å². The Hall–Kier alpha value is -5.20. The monoisotopic (exact) mass is 520 g/mol. The molecule has 6 heteroatoms. The van der Waals surface area contributed by atoms with E-state index < -0.39 is 5.92 Å². The summed E-state index contributed by atoms with van der Waals surface area (Å²) in [6, 6.07) is 32.1. The number of pyridine rings is 1. The number of anilines is 1. The standard InChI is InChI=1S/C34H20N2O4/c37-32-26-16-22-8-3-4-9-23(22)17-27(26)33(38)30(32)28-13-12-19-10-5-11-29(31(19)35-28)36-34(39)25-15-21-7-2-1-6-20(21)14-24(25)18-40-36/h1-17,30H,18H2. The van der Waals surface area contributed by atoms with Gasteiger partial charge in [-0.05, 0) is 63.5 Å². The third-order valence-corrected chi connectivity index (χ3v) is 7.91. The first kappa shape index (κ1) is 22.8. The molecule has 1 aliphatic heterocycles. The number of amides is 1. The first-order valence-corrected chi connectivity index (χ1v) is 13.1. The van der Waals surface area contributed by atoms with E-state index in [2.05, 4.69) is 0 Å². The number of nitrogens with zero attached hydrogens (tertiary/aromatic N) is 2. The van der Waals surface area contributed by atoms with Crippen LogP contribution in [0.25, 0.3) is 32.4 Å². The lowest BCUT2D eigenvalue weighted by Gasteiger charge is -2.28. The first-order chi connectivity index (χ1) is 19.6. The zero-order valence-electron chi connectivity index (χ0n) is 21.1. The second-order valence-electron chi connectivity index (χ2n) is 10.2. The fourth-order valence-electron chi connectivity index (χ4n) is 5.90. The van der Waals surface area contributed by atoms with E-state index in [1.54, 1.807) is 24.3 Å². The molecule has 0 radical (unpaired) electrons. The molecular formula is C34H20N2O4. The van der Waals surface area contributed by atoms with Crippen molar-refractivity contribution in [1.82, 2.24) is 4.98 Å². The first-order valence-electron chi connectivity index (χ1n) is 13.1. The molecule has 2 aliphatic rings. The van der Waals surface area contributed by atoms with Gasteiger partial charge in [-0.25, -0.2) is 4.98 Å². The molecule has 6 aromatic rings. The fraction of sp³-hybridized carbons (Fsp3) is 0.0588. The Balaban J connectivity index is 1.22. The molecule has 190 valence electrons. The Bertz CT molecular complexity index is 2040. The third-order valence-electron chi connectivity index (χ3n) is 7.91. The highest BCUT2D eigenvalue weighted by Crippen LogP contribution is 2.38. The number of ketones is 2. The van der Waals surface area contributed by atoms with Crippen LogP contribution in [0.2, 0.25) is 0 Å². The van der Waals surface area contributed by atoms with Crippen LogP contribution in [0.1, 0.15) is 48.2 Å². The predicted molar refractivity (Wildman–Crippen MR) is 153 cm³/mol. The van der Waals surface area contributed by atoms with Crippen molar-refractivity contribution < 1.29 is 19.2 Å². The Morgan fingerprint density at radius 3 is 1.85 bits per heavy atom. The number of hydrogen-bond acceptors (Lipinski definition) is 5. The molecule has 0 N–H and O–H groups in total. The van der Waals surface area contributed by atoms with Crippen LogP contribution in [-0.2, 0) is 11.4 Å². The highest BCUT2D eigenvalue weighted by Gasteiger charge is 2.41. The maximum Gasteiger partial charge on any atom is 0.282 e. The molecule has 1 aliphatic carbocycles. The summed E-state index contributed by atoms with van der Waals surface area (Å²) in [6.07, 6.45) is 0. The molecule has 0 spiro atoms. The topological polar surface area (TPSA) is 76.6 Å². The minimum Gasteiger partial charge on any atom is -0.293 e. The summed E-state index contributed by atoms with van der Waals surface area (Å²) in [4.78, 5) is 51.5. The summed E-state index contributed by atoms with van der Waals surface area (Å²) in [5, 5.41) is 5.87. The minimum absolute atomic E-state index is 0.227. The van der Waals surface area contributed by atoms with Gasteiger partial charge >= 0.3 is 0 Å². The van der Waals surface area contributed by atoms with Crippen molar-refractivity contribution in [2.75, 3.05) is 5.06 Å². The van der Waals surface area contributed by atoms with Crippen molar-refractivity contribution in [3.8, 4) is 0 Å². The maximum absolute atomic E-state index is 13.7. The lowest BCUT2D eigenvalue weighted by atomic mass is 9.98. The Morgan fingerprint density at radius 1 is 0.625 bits per heavy atom. The summed E-state index contributed by atoms with van der Waals surface area (Å²) in [5.41, 5.74) is 3.53. The van der Waals surface area contributed by atoms with Crippen LogP contribution in [0.3, 0.4) is 0 Å². The smallest absolute Gasteiger partial charge is 0.282 e. The summed E-state index contributed by atoms with van der Waals surface area (Å²) >= 11 is 0. The van der Waals surface area contributed by atoms with Crippen LogP contribution in [-0.4, -0.2) is 22.5 Å². The zero-order chi connectivity index (χ0) is 27.0. The van der Waals surface area contributed by atoms with Crippen LogP contribution in [0, 0.1) is 0 Å². The van der Waals surface area contributed by atoms with Gasteiger partial charge in [-0.2, -0.15) is 5.06 Å². The SMILES string of the molecule is O=C1c2cc3ccccc3cc2C(=O)C1c1ccc2cccc(N3OCc4cc5ccccc5cc4C3=O)c2n1. The van der Waals surface area contributed by atoms with E-state index >= 15 is 0 Å². The van der Waals surface area contributed by atoms with Crippen LogP contribution in [0.4, 0.5) is 5.69 Å². The number of Topliss-reactive ketones (excluding diaryl/α,β-unsaturated/α-hetero) is 2. The molecule has 0 atom stereocenters. The number of benzene rings is 5. The van der Waals surface area contributed by atoms with Crippen molar-refractivity contribution in [2.24, 2.45) is 0 Å². The average molecular weight is 521 g/mol. The van der Waals surface area contributed by atoms with E-state index in [0.717, 1.165) is 32.5 Å². The van der Waals surface area contributed by atoms with Gasteiger partial charge < -0.3 is 0 Å². The minimum atomic E-state index is -1.03. The van der Waals surface area contributed by atoms with Gasteiger partial charge in [0.15, 0.2) is 11.6 Å². The van der Waals surface area contributed by atoms with Crippen LogP contribution < -0.4 is 5.06 Å². The molecule has 6 nitrogen and oxygen atoms in total. The normalized spacial score (nSPS) is 15.3. The van der Waals surface area contributed by atoms with E-state index in [9.17, 15) is 14.4 Å². The van der Waals surface area contributed by atoms with Crippen molar-refractivity contribution in [3.63, 3.8) is 0 Å². The second-order valence-corrected chi connectivity index (χ2v) is 10.2. The van der Waals surface area contributed by atoms with Gasteiger partial charge in [-0.1, -0.05) is 66.7 Å². The molecule has 0 unspecified atom stereocenters. The molecular weight excluding hydrogens is 500 g/mol. The number of aromatic nitrogens is 1. The van der Waals surface area contributed by atoms with Crippen LogP contribution in [0.5, 0.6) is 0 Å². The van der Waals surface area contributed by atoms with Gasteiger partial charge in [0.1, 0.15) is 12.5 Å². The summed E-state index contributed by atoms with van der Waals surface area (Å²) in [7, 11) is 0. The van der Waals surface area contributed by atoms with Gasteiger partial charge in [0.05, 0.1) is 16.9 Å². The molecule has 0 saturated heterocycles. The van der Waals surface area contributed by atoms with Crippen LogP contribution in [0.15, 0.2) is 103 Å². The van der Waals surface area contributed by atoms with E-state index in [1.807, 2.05) is 78.9 Å². The second kappa shape index (κ2) is 8.40. The molecule has 0 bridgehead atoms. The van der Waals surface area contributed by atoms with Crippen molar-refractivity contribution >= 4 is 55.6 Å². The molecule has 2 heterocycles. The number of rotatable bonds is 2. The van der Waals surface area contributed by atoms with E-state index in [1.165, 1.54) is 5.06 Å². The quantitative estimate of drug-likeness (QED) is 0.235. The van der Waals surface area contributed by atoms with Crippen molar-refractivity contribution in [1.29, 1.82) is 0 Å². The van der Waals surface area contributed by atoms with E-state index in [0.29, 0.717) is 33.6 Å². The number of hydrogen-bond donors (Lipinski definition) is 0. The number of carbonyl (C=O) groups is 3. The van der Waals surface area contributed by atoms with Gasteiger partial charge in [-0.3, -0.25) is 19.2 Å². The average Bonchev–Trinajstić information content (AvgIpc) is 3.23. The lowest BCUT2D eigenvalue weighted by molar-refractivity contribution is 0.0533. The Labute approximate surface area is 228 Å². The largest absolute Gasteiger partial charge is 0.293 e. The molecule has 5 aromatic carbocycles. The summed E-state index contributed by atoms with van der Waals surface area (Å²) in [6.45, 7) is 0.227. The maximum atomic E-state index is 13.7. The summed E-state index contributed by atoms with van der Waals surface area (Å²) < 4.78 is 0. The Kier molecular flexibility index (Phi) is 4.78. The van der Waals surface area contributed by atoms with E-state index in [4.69, 9.17) is 9.82 Å². The molecule has 8 rings (SSSR count). The molecule has 40 heavy (non-hydrogen) atoms. The zero-order valence-corrected chi connectivity index (χ0v) is 21.1. The molecule has 0 fully saturated rings. The molecule has 0 saturated carbocycles. The fourth-order valence-corrected chi connectivity index (χ4v) is 5.90. The van der Waals surface area contributed by atoms with Crippen molar-refractivity contribution in [2.45, 2.75) is 12.5 Å². The number of carbonyl (C=O) groups excluding carboxylic acids is 3. The lowest BCUT2D eigenvalue weighted by Crippen LogP contribution is -2.36. The van der Waals surface area contributed by atoms with Gasteiger partial charge in [-0.15, -0.1) is 0 Å². The van der Waals surface area contributed by atoms with E-state index in [-0.39, 0.29) is 24.1 Å². The number of hydroxylamine groups is 1. The summed E-state index contributed by atoms with van der Waals surface area (Å²) in [5.74, 6) is -1.85. The third kappa shape index (κ3) is 3.26. The molecule has 1 aromatic heterocycles. The predicted octanol–water partition coefficient (Wildman–Crippen LogP) is 6.80. The number of fused-ring (bicyclic) bond motifs is 5. The highest BCUT2D eigenvalue weighted by molar-refractivity contribution is 6.30. The van der Waals surface area contributed by atoms with Gasteiger partial charge in [0.2, 0.25) is 0 Å².